The summed E-state index contributed by atoms with van der Waals surface area (Å²) in [4.78, 5) is 4.56. The zero-order valence-corrected chi connectivity index (χ0v) is 11.1. The molecule has 1 N–H and O–H groups in total. The fourth-order valence-electron chi connectivity index (χ4n) is 2.51. The molecule has 16 heavy (non-hydrogen) atoms. The van der Waals surface area contributed by atoms with Gasteiger partial charge in [0, 0.05) is 11.9 Å². The van der Waals surface area contributed by atoms with Crippen molar-refractivity contribution in [3.8, 4) is 0 Å². The van der Waals surface area contributed by atoms with Gasteiger partial charge in [0.15, 0.2) is 0 Å². The van der Waals surface area contributed by atoms with Gasteiger partial charge in [-0.1, -0.05) is 20.3 Å². The van der Waals surface area contributed by atoms with Crippen LogP contribution in [0, 0.1) is 11.8 Å². The van der Waals surface area contributed by atoms with Gasteiger partial charge in [0.25, 0.3) is 0 Å². The van der Waals surface area contributed by atoms with E-state index in [9.17, 15) is 0 Å². The third-order valence-electron chi connectivity index (χ3n) is 3.44. The summed E-state index contributed by atoms with van der Waals surface area (Å²) < 4.78 is 0. The van der Waals surface area contributed by atoms with E-state index in [2.05, 4.69) is 29.5 Å². The average molecular weight is 238 g/mol. The third-order valence-corrected chi connectivity index (χ3v) is 4.49. The predicted octanol–water partition coefficient (Wildman–Crippen LogP) is 3.23. The molecule has 0 saturated heterocycles. The maximum absolute atomic E-state index is 4.56. The number of thiazole rings is 1. The summed E-state index contributed by atoms with van der Waals surface area (Å²) in [6.07, 6.45) is 5.30. The summed E-state index contributed by atoms with van der Waals surface area (Å²) in [7, 11) is 0. The van der Waals surface area contributed by atoms with Crippen LogP contribution in [0.25, 0.3) is 0 Å². The van der Waals surface area contributed by atoms with Crippen molar-refractivity contribution in [2.24, 2.45) is 11.8 Å². The summed E-state index contributed by atoms with van der Waals surface area (Å²) in [5.74, 6) is 1.84. The lowest BCUT2D eigenvalue weighted by atomic mass is 10.1. The molecule has 90 valence electrons. The van der Waals surface area contributed by atoms with Crippen molar-refractivity contribution >= 4 is 11.3 Å². The average Bonchev–Trinajstić information content (AvgIpc) is 2.88. The van der Waals surface area contributed by atoms with E-state index in [1.165, 1.54) is 36.5 Å². The number of rotatable bonds is 5. The maximum Gasteiger partial charge on any atom is 0.0926 e. The minimum Gasteiger partial charge on any atom is -0.311 e. The first-order valence-electron chi connectivity index (χ1n) is 6.42. The molecule has 1 aromatic rings. The van der Waals surface area contributed by atoms with E-state index < -0.39 is 0 Å². The van der Waals surface area contributed by atoms with Crippen LogP contribution in [0.15, 0.2) is 5.38 Å². The predicted molar refractivity (Wildman–Crippen MR) is 69.7 cm³/mol. The number of hydrogen-bond donors (Lipinski definition) is 1. The summed E-state index contributed by atoms with van der Waals surface area (Å²) in [6.45, 7) is 6.65. The Kier molecular flexibility index (Phi) is 4.36. The van der Waals surface area contributed by atoms with Crippen molar-refractivity contribution in [1.82, 2.24) is 10.3 Å². The number of nitrogens with one attached hydrogen (secondary N) is 1. The highest BCUT2D eigenvalue weighted by atomic mass is 32.1. The van der Waals surface area contributed by atoms with Crippen LogP contribution in [0.3, 0.4) is 0 Å². The highest BCUT2D eigenvalue weighted by Crippen LogP contribution is 2.29. The molecule has 2 unspecified atom stereocenters. The molecule has 0 aliphatic heterocycles. The molecular weight excluding hydrogens is 216 g/mol. The molecule has 2 rings (SSSR count). The fourth-order valence-corrected chi connectivity index (χ4v) is 3.25. The van der Waals surface area contributed by atoms with E-state index in [1.54, 1.807) is 11.3 Å². The Morgan fingerprint density at radius 2 is 2.38 bits per heavy atom. The van der Waals surface area contributed by atoms with Crippen molar-refractivity contribution in [3.05, 3.63) is 16.1 Å². The van der Waals surface area contributed by atoms with E-state index in [0.29, 0.717) is 0 Å². The normalized spacial score (nSPS) is 25.1. The van der Waals surface area contributed by atoms with Crippen molar-refractivity contribution in [2.45, 2.75) is 46.1 Å². The van der Waals surface area contributed by atoms with Crippen LogP contribution < -0.4 is 5.32 Å². The van der Waals surface area contributed by atoms with Gasteiger partial charge in [-0.3, -0.25) is 0 Å². The molecule has 1 fully saturated rings. The molecule has 0 spiro atoms. The molecule has 2 atom stereocenters. The molecule has 0 amide bonds. The van der Waals surface area contributed by atoms with Crippen LogP contribution in [0.2, 0.25) is 0 Å². The Labute approximate surface area is 102 Å². The lowest BCUT2D eigenvalue weighted by molar-refractivity contribution is 0.469. The van der Waals surface area contributed by atoms with Gasteiger partial charge in [-0.05, 0) is 37.6 Å². The Balaban J connectivity index is 1.67. The van der Waals surface area contributed by atoms with Crippen LogP contribution in [-0.4, -0.2) is 11.5 Å². The highest BCUT2D eigenvalue weighted by Gasteiger charge is 2.20. The maximum atomic E-state index is 4.56. The number of hydrogen-bond acceptors (Lipinski definition) is 3. The van der Waals surface area contributed by atoms with Crippen LogP contribution in [0.4, 0.5) is 0 Å². The molecule has 1 heterocycles. The Hall–Kier alpha value is -0.410. The zero-order chi connectivity index (χ0) is 11.4. The van der Waals surface area contributed by atoms with Gasteiger partial charge < -0.3 is 5.32 Å². The van der Waals surface area contributed by atoms with Crippen LogP contribution in [-0.2, 0) is 13.0 Å². The van der Waals surface area contributed by atoms with Gasteiger partial charge in [0.1, 0.15) is 0 Å². The number of aryl methyl sites for hydroxylation is 1. The quantitative estimate of drug-likeness (QED) is 0.852. The van der Waals surface area contributed by atoms with Gasteiger partial charge in [0.2, 0.25) is 0 Å². The van der Waals surface area contributed by atoms with E-state index >= 15 is 0 Å². The van der Waals surface area contributed by atoms with Crippen molar-refractivity contribution in [3.63, 3.8) is 0 Å². The Morgan fingerprint density at radius 3 is 3.00 bits per heavy atom. The van der Waals surface area contributed by atoms with Crippen LogP contribution >= 0.6 is 11.3 Å². The zero-order valence-electron chi connectivity index (χ0n) is 10.3. The molecule has 1 aromatic heterocycles. The molecule has 0 radical (unpaired) electrons. The van der Waals surface area contributed by atoms with E-state index in [-0.39, 0.29) is 0 Å². The molecule has 1 aliphatic rings. The first-order valence-corrected chi connectivity index (χ1v) is 7.30. The van der Waals surface area contributed by atoms with Crippen LogP contribution in [0.1, 0.15) is 43.8 Å². The second-order valence-electron chi connectivity index (χ2n) is 5.00. The summed E-state index contributed by atoms with van der Waals surface area (Å²) in [5.41, 5.74) is 1.22. The lowest BCUT2D eigenvalue weighted by Gasteiger charge is -2.09. The minimum absolute atomic E-state index is 0.902. The third kappa shape index (κ3) is 3.29. The summed E-state index contributed by atoms with van der Waals surface area (Å²) in [6, 6.07) is 0. The number of aromatic nitrogens is 1. The number of nitrogens with zero attached hydrogens (tertiary/aromatic N) is 1. The molecule has 0 aromatic carbocycles. The van der Waals surface area contributed by atoms with Gasteiger partial charge in [-0.15, -0.1) is 11.3 Å². The van der Waals surface area contributed by atoms with Gasteiger partial charge >= 0.3 is 0 Å². The van der Waals surface area contributed by atoms with Crippen LogP contribution in [0.5, 0.6) is 0 Å². The molecular formula is C13H22N2S. The lowest BCUT2D eigenvalue weighted by Crippen LogP contribution is -2.21. The summed E-state index contributed by atoms with van der Waals surface area (Å²) >= 11 is 1.78. The Morgan fingerprint density at radius 1 is 1.50 bits per heavy atom. The second kappa shape index (κ2) is 5.78. The highest BCUT2D eigenvalue weighted by molar-refractivity contribution is 7.09. The topological polar surface area (TPSA) is 24.9 Å². The van der Waals surface area contributed by atoms with E-state index in [1.807, 2.05) is 0 Å². The van der Waals surface area contributed by atoms with Gasteiger partial charge in [0.05, 0.1) is 10.7 Å². The molecule has 1 aliphatic carbocycles. The smallest absolute Gasteiger partial charge is 0.0926 e. The largest absolute Gasteiger partial charge is 0.311 e. The first kappa shape index (κ1) is 12.1. The van der Waals surface area contributed by atoms with Crippen molar-refractivity contribution in [2.75, 3.05) is 6.54 Å². The molecule has 0 bridgehead atoms. The summed E-state index contributed by atoms with van der Waals surface area (Å²) in [5, 5.41) is 6.99. The first-order chi connectivity index (χ1) is 7.78. The SMILES string of the molecule is CCc1nc(CNCC2CCC(C)C2)cs1. The van der Waals surface area contributed by atoms with Gasteiger partial charge in [-0.25, -0.2) is 4.98 Å². The monoisotopic (exact) mass is 238 g/mol. The fraction of sp³-hybridized carbons (Fsp3) is 0.769. The molecule has 3 heteroatoms. The van der Waals surface area contributed by atoms with Gasteiger partial charge in [-0.2, -0.15) is 0 Å². The minimum atomic E-state index is 0.902. The standard InChI is InChI=1S/C13H22N2S/c1-3-13-15-12(9-16-13)8-14-7-11-5-4-10(2)6-11/h9-11,14H,3-8H2,1-2H3. The molecule has 1 saturated carbocycles. The Bertz CT molecular complexity index is 321. The molecule has 2 nitrogen and oxygen atoms in total. The van der Waals surface area contributed by atoms with Crippen molar-refractivity contribution < 1.29 is 0 Å². The van der Waals surface area contributed by atoms with E-state index in [4.69, 9.17) is 0 Å². The van der Waals surface area contributed by atoms with E-state index in [0.717, 1.165) is 24.8 Å². The second-order valence-corrected chi connectivity index (χ2v) is 5.94. The van der Waals surface area contributed by atoms with Crippen molar-refractivity contribution in [1.29, 1.82) is 0 Å².